The van der Waals surface area contributed by atoms with Crippen LogP contribution in [0.1, 0.15) is 26.3 Å². The summed E-state index contributed by atoms with van der Waals surface area (Å²) in [5, 5.41) is 0. The molecule has 2 amide bonds. The number of halogens is 1. The first kappa shape index (κ1) is 23.2. The molecule has 7 nitrogen and oxygen atoms in total. The lowest BCUT2D eigenvalue weighted by molar-refractivity contribution is 0.0663. The highest BCUT2D eigenvalue weighted by Crippen LogP contribution is 2.38. The summed E-state index contributed by atoms with van der Waals surface area (Å²) in [6.07, 6.45) is 0. The minimum atomic E-state index is -4.07. The Morgan fingerprint density at radius 3 is 2.34 bits per heavy atom. The number of rotatable bonds is 3. The Morgan fingerprint density at radius 2 is 1.60 bits per heavy atom. The maximum Gasteiger partial charge on any atom is 0.259 e. The van der Waals surface area contributed by atoms with Gasteiger partial charge < -0.3 is 14.7 Å². The van der Waals surface area contributed by atoms with Crippen molar-refractivity contribution in [2.45, 2.75) is 16.3 Å². The molecule has 0 N–H and O–H groups in total. The van der Waals surface area contributed by atoms with Crippen LogP contribution in [0.3, 0.4) is 0 Å². The lowest BCUT2D eigenvalue weighted by atomic mass is 10.1. The summed E-state index contributed by atoms with van der Waals surface area (Å²) in [7, 11) is -2.08. The molecule has 0 aromatic heterocycles. The molecule has 3 aromatic carbocycles. The molecule has 0 atom stereocenters. The highest BCUT2D eigenvalue weighted by Gasteiger charge is 2.36. The van der Waals surface area contributed by atoms with Crippen molar-refractivity contribution in [2.24, 2.45) is 0 Å². The van der Waals surface area contributed by atoms with Crippen molar-refractivity contribution < 1.29 is 22.4 Å². The van der Waals surface area contributed by atoms with Gasteiger partial charge in [-0.15, -0.1) is 0 Å². The van der Waals surface area contributed by atoms with Gasteiger partial charge >= 0.3 is 0 Å². The molecule has 2 heterocycles. The summed E-state index contributed by atoms with van der Waals surface area (Å²) in [6, 6.07) is 16.3. The number of likely N-dealkylation sites (N-methyl/N-ethyl adjacent to an activating group) is 1. The molecule has 0 unspecified atom stereocenters. The number of carbonyl (C=O) groups is 2. The van der Waals surface area contributed by atoms with Gasteiger partial charge in [0.15, 0.2) is 0 Å². The van der Waals surface area contributed by atoms with Gasteiger partial charge in [0.05, 0.1) is 27.6 Å². The molecule has 1 saturated heterocycles. The summed E-state index contributed by atoms with van der Waals surface area (Å²) in [5.41, 5.74) is 0.585. The third-order valence-corrected chi connectivity index (χ3v) is 8.37. The van der Waals surface area contributed by atoms with Crippen LogP contribution in [-0.2, 0) is 16.4 Å². The molecule has 0 radical (unpaired) electrons. The minimum Gasteiger partial charge on any atom is -0.336 e. The molecule has 0 saturated carbocycles. The number of hydrogen-bond acceptors (Lipinski definition) is 5. The van der Waals surface area contributed by atoms with Gasteiger partial charge in [-0.05, 0) is 43.4 Å². The van der Waals surface area contributed by atoms with Gasteiger partial charge in [-0.25, -0.2) is 12.8 Å². The number of sulfone groups is 1. The molecular weight excluding hydrogens is 469 g/mol. The lowest BCUT2D eigenvalue weighted by Crippen LogP contribution is -2.47. The number of carbonyl (C=O) groups excluding carboxylic acids is 2. The fourth-order valence-corrected chi connectivity index (χ4v) is 6.12. The topological polar surface area (TPSA) is 78.0 Å². The van der Waals surface area contributed by atoms with E-state index in [9.17, 15) is 22.4 Å². The first-order valence-electron chi connectivity index (χ1n) is 11.3. The zero-order chi connectivity index (χ0) is 24.7. The molecule has 0 bridgehead atoms. The van der Waals surface area contributed by atoms with Crippen LogP contribution in [0.15, 0.2) is 76.5 Å². The van der Waals surface area contributed by atoms with E-state index in [1.807, 2.05) is 7.05 Å². The largest absolute Gasteiger partial charge is 0.336 e. The lowest BCUT2D eigenvalue weighted by Gasteiger charge is -2.32. The number of anilines is 1. The molecule has 2 aliphatic rings. The van der Waals surface area contributed by atoms with Crippen molar-refractivity contribution in [3.63, 3.8) is 0 Å². The van der Waals surface area contributed by atoms with Crippen LogP contribution in [0, 0.1) is 5.82 Å². The zero-order valence-corrected chi connectivity index (χ0v) is 20.0. The van der Waals surface area contributed by atoms with Crippen LogP contribution in [0.2, 0.25) is 0 Å². The van der Waals surface area contributed by atoms with Gasteiger partial charge in [0.2, 0.25) is 9.84 Å². The average Bonchev–Trinajstić information content (AvgIpc) is 2.93. The highest BCUT2D eigenvalue weighted by molar-refractivity contribution is 7.91. The number of nitrogens with zero attached hydrogens (tertiary/aromatic N) is 3. The van der Waals surface area contributed by atoms with Crippen molar-refractivity contribution in [1.29, 1.82) is 0 Å². The van der Waals surface area contributed by atoms with Crippen LogP contribution in [-0.4, -0.2) is 63.3 Å². The Bertz CT molecular complexity index is 1430. The van der Waals surface area contributed by atoms with E-state index in [4.69, 9.17) is 0 Å². The second kappa shape index (κ2) is 8.90. The predicted molar refractivity (Wildman–Crippen MR) is 129 cm³/mol. The van der Waals surface area contributed by atoms with E-state index in [-0.39, 0.29) is 44.6 Å². The molecule has 2 aliphatic heterocycles. The first-order valence-corrected chi connectivity index (χ1v) is 12.8. The maximum absolute atomic E-state index is 14.6. The van der Waals surface area contributed by atoms with Crippen LogP contribution < -0.4 is 4.90 Å². The van der Waals surface area contributed by atoms with E-state index in [0.717, 1.165) is 13.1 Å². The molecular formula is C26H24FN3O4S. The third kappa shape index (κ3) is 4.11. The van der Waals surface area contributed by atoms with E-state index in [1.165, 1.54) is 41.3 Å². The Morgan fingerprint density at radius 1 is 0.914 bits per heavy atom. The monoisotopic (exact) mass is 493 g/mol. The Kier molecular flexibility index (Phi) is 5.90. The summed E-state index contributed by atoms with van der Waals surface area (Å²) in [4.78, 5) is 31.8. The summed E-state index contributed by atoms with van der Waals surface area (Å²) < 4.78 is 41.7. The summed E-state index contributed by atoms with van der Waals surface area (Å²) in [6.45, 7) is 2.38. The second-order valence-electron chi connectivity index (χ2n) is 8.76. The van der Waals surface area contributed by atoms with E-state index in [1.54, 1.807) is 35.2 Å². The van der Waals surface area contributed by atoms with Crippen molar-refractivity contribution in [3.8, 4) is 0 Å². The van der Waals surface area contributed by atoms with Crippen molar-refractivity contribution in [1.82, 2.24) is 9.80 Å². The van der Waals surface area contributed by atoms with E-state index in [0.29, 0.717) is 13.1 Å². The zero-order valence-electron chi connectivity index (χ0n) is 19.1. The van der Waals surface area contributed by atoms with E-state index < -0.39 is 21.6 Å². The van der Waals surface area contributed by atoms with Crippen LogP contribution >= 0.6 is 0 Å². The second-order valence-corrected chi connectivity index (χ2v) is 10.6. The molecule has 180 valence electrons. The van der Waals surface area contributed by atoms with Crippen LogP contribution in [0.5, 0.6) is 0 Å². The number of benzene rings is 3. The van der Waals surface area contributed by atoms with E-state index in [2.05, 4.69) is 4.90 Å². The predicted octanol–water partition coefficient (Wildman–Crippen LogP) is 3.21. The average molecular weight is 494 g/mol. The van der Waals surface area contributed by atoms with Crippen LogP contribution in [0.25, 0.3) is 0 Å². The molecule has 0 spiro atoms. The van der Waals surface area contributed by atoms with Crippen molar-refractivity contribution in [2.75, 3.05) is 38.1 Å². The molecule has 3 aromatic rings. The Labute approximate surface area is 203 Å². The Balaban J connectivity index is 1.66. The van der Waals surface area contributed by atoms with Crippen LogP contribution in [0.4, 0.5) is 10.1 Å². The smallest absolute Gasteiger partial charge is 0.259 e. The van der Waals surface area contributed by atoms with Gasteiger partial charge in [-0.3, -0.25) is 9.59 Å². The van der Waals surface area contributed by atoms with Gasteiger partial charge in [0.1, 0.15) is 5.82 Å². The van der Waals surface area contributed by atoms with Crippen molar-refractivity contribution in [3.05, 3.63) is 89.2 Å². The summed E-state index contributed by atoms with van der Waals surface area (Å²) in [5.74, 6) is -1.32. The maximum atomic E-state index is 14.6. The first-order chi connectivity index (χ1) is 16.8. The summed E-state index contributed by atoms with van der Waals surface area (Å²) >= 11 is 0. The molecule has 35 heavy (non-hydrogen) atoms. The number of piperazine rings is 1. The number of hydrogen-bond donors (Lipinski definition) is 0. The SMILES string of the molecule is CN1CCN(C(=O)c2ccc3c(c2)N(Cc2ccccc2F)C(=O)c2ccccc2S3(=O)=O)CC1. The van der Waals surface area contributed by atoms with Gasteiger partial charge in [0.25, 0.3) is 11.8 Å². The van der Waals surface area contributed by atoms with E-state index >= 15 is 0 Å². The Hall–Kier alpha value is -3.56. The fourth-order valence-electron chi connectivity index (χ4n) is 4.49. The molecule has 9 heteroatoms. The number of amides is 2. The van der Waals surface area contributed by atoms with Gasteiger partial charge in [-0.2, -0.15) is 0 Å². The molecule has 0 aliphatic carbocycles. The quantitative estimate of drug-likeness (QED) is 0.560. The fraction of sp³-hybridized carbons (Fsp3) is 0.231. The molecule has 1 fully saturated rings. The molecule has 5 rings (SSSR count). The standard InChI is InChI=1S/C26H24FN3O4S/c1-28-12-14-29(15-13-28)25(31)18-10-11-24-22(16-18)30(17-19-6-2-4-8-21(19)27)26(32)20-7-3-5-9-23(20)35(24,33)34/h2-11,16H,12-15,17H2,1H3. The normalized spacial score (nSPS) is 17.5. The van der Waals surface area contributed by atoms with Gasteiger partial charge in [-0.1, -0.05) is 30.3 Å². The van der Waals surface area contributed by atoms with Crippen molar-refractivity contribution >= 4 is 27.3 Å². The minimum absolute atomic E-state index is 0.00647. The third-order valence-electron chi connectivity index (χ3n) is 6.52. The van der Waals surface area contributed by atoms with Gasteiger partial charge in [0, 0.05) is 37.3 Å². The number of fused-ring (bicyclic) bond motifs is 2. The highest BCUT2D eigenvalue weighted by atomic mass is 32.2.